The van der Waals surface area contributed by atoms with Crippen LogP contribution in [0.25, 0.3) is 0 Å². The molecule has 1 saturated heterocycles. The lowest BCUT2D eigenvalue weighted by Gasteiger charge is -2.34. The first kappa shape index (κ1) is 20.3. The molecule has 6 nitrogen and oxygen atoms in total. The van der Waals surface area contributed by atoms with Crippen LogP contribution in [-0.4, -0.2) is 50.2 Å². The highest BCUT2D eigenvalue weighted by molar-refractivity contribution is 5.98. The van der Waals surface area contributed by atoms with Crippen LogP contribution in [0.2, 0.25) is 0 Å². The third kappa shape index (κ3) is 4.14. The van der Waals surface area contributed by atoms with E-state index in [-0.39, 0.29) is 5.78 Å². The van der Waals surface area contributed by atoms with Crippen LogP contribution < -0.4 is 14.5 Å². The number of piperazine rings is 1. The van der Waals surface area contributed by atoms with E-state index in [1.807, 2.05) is 50.2 Å². The first-order valence-electron chi connectivity index (χ1n) is 10.5. The zero-order chi connectivity index (χ0) is 21.1. The van der Waals surface area contributed by atoms with E-state index in [0.717, 1.165) is 60.3 Å². The average molecular weight is 409 g/mol. The van der Waals surface area contributed by atoms with Gasteiger partial charge in [-0.2, -0.15) is 0 Å². The number of carbonyl (C=O) groups is 1. The summed E-state index contributed by atoms with van der Waals surface area (Å²) in [5, 5.41) is 0. The lowest BCUT2D eigenvalue weighted by Crippen LogP contribution is -3.15. The van der Waals surface area contributed by atoms with Crippen molar-refractivity contribution in [3.05, 3.63) is 71.4 Å². The van der Waals surface area contributed by atoms with Crippen LogP contribution in [0.15, 0.2) is 53.1 Å². The predicted octanol–water partition coefficient (Wildman–Crippen LogP) is 2.34. The van der Waals surface area contributed by atoms with E-state index in [2.05, 4.69) is 15.5 Å². The molecule has 1 aliphatic heterocycles. The van der Waals surface area contributed by atoms with Crippen molar-refractivity contribution in [3.63, 3.8) is 0 Å². The van der Waals surface area contributed by atoms with E-state index in [4.69, 9.17) is 9.15 Å². The van der Waals surface area contributed by atoms with Gasteiger partial charge in [0, 0.05) is 17.0 Å². The van der Waals surface area contributed by atoms with Gasteiger partial charge in [0.25, 0.3) is 0 Å². The van der Waals surface area contributed by atoms with Gasteiger partial charge in [-0.1, -0.05) is 12.1 Å². The third-order valence-corrected chi connectivity index (χ3v) is 6.08. The fourth-order valence-corrected chi connectivity index (χ4v) is 4.34. The standard InChI is InChI=1S/C24H29N3O3/c1-18-15-21(19(2)27(18)16-20-7-6-14-30-20)23(28)17-25-10-12-26(13-11-25)22-8-4-5-9-24(22)29-3/h4-9,14-15H,10-13,16-17H2,1-3H3/p+1. The number of ketones is 1. The van der Waals surface area contributed by atoms with Crippen molar-refractivity contribution in [1.29, 1.82) is 0 Å². The van der Waals surface area contributed by atoms with Crippen LogP contribution in [-0.2, 0) is 6.54 Å². The Hall–Kier alpha value is -2.99. The molecular weight excluding hydrogens is 378 g/mol. The molecule has 0 atom stereocenters. The lowest BCUT2D eigenvalue weighted by atomic mass is 10.1. The third-order valence-electron chi connectivity index (χ3n) is 6.08. The maximum atomic E-state index is 13.1. The molecule has 0 unspecified atom stereocenters. The molecule has 0 amide bonds. The maximum absolute atomic E-state index is 13.1. The number of para-hydroxylation sites is 2. The number of Topliss-reactive ketones (excluding diaryl/α,β-unsaturated/α-hetero) is 1. The summed E-state index contributed by atoms with van der Waals surface area (Å²) in [4.78, 5) is 16.7. The Morgan fingerprint density at radius 3 is 2.60 bits per heavy atom. The molecule has 3 heterocycles. The Morgan fingerprint density at radius 2 is 1.90 bits per heavy atom. The quantitative estimate of drug-likeness (QED) is 0.610. The number of hydrogen-bond acceptors (Lipinski definition) is 4. The maximum Gasteiger partial charge on any atom is 0.218 e. The average Bonchev–Trinajstić information content (AvgIpc) is 3.38. The van der Waals surface area contributed by atoms with Crippen molar-refractivity contribution in [3.8, 4) is 5.75 Å². The molecule has 3 aromatic rings. The van der Waals surface area contributed by atoms with Gasteiger partial charge in [0.05, 0.1) is 51.8 Å². The van der Waals surface area contributed by atoms with Crippen LogP contribution in [0.5, 0.6) is 5.75 Å². The Labute approximate surface area is 177 Å². The number of carbonyl (C=O) groups excluding carboxylic acids is 1. The number of nitrogens with zero attached hydrogens (tertiary/aromatic N) is 2. The number of hydrogen-bond donors (Lipinski definition) is 1. The van der Waals surface area contributed by atoms with Gasteiger partial charge in [-0.15, -0.1) is 0 Å². The van der Waals surface area contributed by atoms with E-state index in [0.29, 0.717) is 13.1 Å². The molecule has 6 heteroatoms. The van der Waals surface area contributed by atoms with Gasteiger partial charge in [0.15, 0.2) is 0 Å². The lowest BCUT2D eigenvalue weighted by molar-refractivity contribution is -0.892. The number of benzene rings is 1. The number of ether oxygens (including phenoxy) is 1. The second-order valence-corrected chi connectivity index (χ2v) is 7.96. The number of aromatic nitrogens is 1. The number of furan rings is 1. The molecule has 158 valence electrons. The highest BCUT2D eigenvalue weighted by Gasteiger charge is 2.26. The molecule has 1 aliphatic rings. The molecule has 1 N–H and O–H groups in total. The van der Waals surface area contributed by atoms with Crippen LogP contribution in [0, 0.1) is 13.8 Å². The highest BCUT2D eigenvalue weighted by atomic mass is 16.5. The van der Waals surface area contributed by atoms with Gasteiger partial charge in [-0.25, -0.2) is 0 Å². The predicted molar refractivity (Wildman–Crippen MR) is 117 cm³/mol. The largest absolute Gasteiger partial charge is 0.495 e. The van der Waals surface area contributed by atoms with Crippen molar-refractivity contribution in [1.82, 2.24) is 4.57 Å². The van der Waals surface area contributed by atoms with E-state index in [1.165, 1.54) is 4.90 Å². The minimum atomic E-state index is 0.217. The van der Waals surface area contributed by atoms with Gasteiger partial charge in [-0.3, -0.25) is 4.79 Å². The number of quaternary nitrogens is 1. The summed E-state index contributed by atoms with van der Waals surface area (Å²) in [7, 11) is 1.71. The fourth-order valence-electron chi connectivity index (χ4n) is 4.34. The summed E-state index contributed by atoms with van der Waals surface area (Å²) in [6, 6.07) is 14.0. The summed E-state index contributed by atoms with van der Waals surface area (Å²) >= 11 is 0. The Bertz CT molecular complexity index is 999. The van der Waals surface area contributed by atoms with Gasteiger partial charge in [-0.05, 0) is 44.2 Å². The van der Waals surface area contributed by atoms with Crippen LogP contribution >= 0.6 is 0 Å². The first-order valence-corrected chi connectivity index (χ1v) is 10.5. The summed E-state index contributed by atoms with van der Waals surface area (Å²) < 4.78 is 13.1. The molecule has 2 aromatic heterocycles. The van der Waals surface area contributed by atoms with Gasteiger partial charge >= 0.3 is 0 Å². The van der Waals surface area contributed by atoms with Crippen LogP contribution in [0.3, 0.4) is 0 Å². The highest BCUT2D eigenvalue weighted by Crippen LogP contribution is 2.27. The number of methoxy groups -OCH3 is 1. The number of rotatable bonds is 7. The summed E-state index contributed by atoms with van der Waals surface area (Å²) in [5.41, 5.74) is 4.06. The van der Waals surface area contributed by atoms with Crippen molar-refractivity contribution < 1.29 is 18.8 Å². The van der Waals surface area contributed by atoms with Gasteiger partial charge < -0.3 is 23.5 Å². The molecule has 0 saturated carbocycles. The summed E-state index contributed by atoms with van der Waals surface area (Å²) in [5.74, 6) is 2.02. The van der Waals surface area contributed by atoms with Crippen LogP contribution in [0.4, 0.5) is 5.69 Å². The zero-order valence-electron chi connectivity index (χ0n) is 18.0. The second-order valence-electron chi connectivity index (χ2n) is 7.96. The molecule has 0 radical (unpaired) electrons. The zero-order valence-corrected chi connectivity index (χ0v) is 18.0. The number of aryl methyl sites for hydroxylation is 1. The summed E-state index contributed by atoms with van der Waals surface area (Å²) in [6.07, 6.45) is 1.68. The molecule has 4 rings (SSSR count). The van der Waals surface area contributed by atoms with Crippen molar-refractivity contribution in [2.75, 3.05) is 44.7 Å². The number of nitrogens with one attached hydrogen (secondary N) is 1. The minimum absolute atomic E-state index is 0.217. The van der Waals surface area contributed by atoms with E-state index in [9.17, 15) is 4.79 Å². The molecule has 0 aliphatic carbocycles. The number of anilines is 1. The second kappa shape index (κ2) is 8.79. The Morgan fingerprint density at radius 1 is 1.13 bits per heavy atom. The van der Waals surface area contributed by atoms with E-state index < -0.39 is 0 Å². The fraction of sp³-hybridized carbons (Fsp3) is 0.375. The van der Waals surface area contributed by atoms with Crippen molar-refractivity contribution >= 4 is 11.5 Å². The molecule has 0 spiro atoms. The summed E-state index contributed by atoms with van der Waals surface area (Å²) in [6.45, 7) is 8.97. The molecule has 0 bridgehead atoms. The van der Waals surface area contributed by atoms with E-state index >= 15 is 0 Å². The van der Waals surface area contributed by atoms with Crippen LogP contribution in [0.1, 0.15) is 27.5 Å². The normalized spacial score (nSPS) is 14.8. The van der Waals surface area contributed by atoms with Crippen molar-refractivity contribution in [2.24, 2.45) is 0 Å². The first-order chi connectivity index (χ1) is 14.6. The molecule has 1 fully saturated rings. The smallest absolute Gasteiger partial charge is 0.218 e. The SMILES string of the molecule is COc1ccccc1N1CC[NH+](CC(=O)c2cc(C)n(Cc3ccco3)c2C)CC1. The Balaban J connectivity index is 1.38. The molecule has 1 aromatic carbocycles. The molecular formula is C24H30N3O3+. The van der Waals surface area contributed by atoms with Gasteiger partial charge in [0.1, 0.15) is 18.1 Å². The minimum Gasteiger partial charge on any atom is -0.495 e. The molecule has 30 heavy (non-hydrogen) atoms. The topological polar surface area (TPSA) is 52.1 Å². The monoisotopic (exact) mass is 408 g/mol. The van der Waals surface area contributed by atoms with E-state index in [1.54, 1.807) is 13.4 Å². The van der Waals surface area contributed by atoms with Gasteiger partial charge in [0.2, 0.25) is 5.78 Å². The Kier molecular flexibility index (Phi) is 5.95. The van der Waals surface area contributed by atoms with Crippen molar-refractivity contribution in [2.45, 2.75) is 20.4 Å².